The number of hydrogen-bond acceptors (Lipinski definition) is 3. The van der Waals surface area contributed by atoms with E-state index in [1.165, 1.54) is 48.5 Å². The van der Waals surface area contributed by atoms with Crippen LogP contribution in [0.5, 0.6) is 0 Å². The summed E-state index contributed by atoms with van der Waals surface area (Å²) < 4.78 is 29.6. The van der Waals surface area contributed by atoms with Crippen LogP contribution >= 0.6 is 0 Å². The first-order valence-electron chi connectivity index (χ1n) is 12.4. The van der Waals surface area contributed by atoms with E-state index >= 15 is 0 Å². The molecule has 0 spiro atoms. The van der Waals surface area contributed by atoms with Crippen molar-refractivity contribution in [2.24, 2.45) is 0 Å². The minimum absolute atomic E-state index is 0.253. The zero-order valence-electron chi connectivity index (χ0n) is 20.9. The molecule has 5 aromatic carbocycles. The lowest BCUT2D eigenvalue weighted by atomic mass is 10.0. The first-order chi connectivity index (χ1) is 19.4. The Morgan fingerprint density at radius 3 is 1.07 bits per heavy atom. The molecule has 0 aliphatic heterocycles. The fourth-order valence-electron chi connectivity index (χ4n) is 4.71. The quantitative estimate of drug-likeness (QED) is 0.230. The highest BCUT2D eigenvalue weighted by atomic mass is 19.1. The van der Waals surface area contributed by atoms with Crippen LogP contribution < -0.4 is 5.69 Å². The zero-order chi connectivity index (χ0) is 27.8. The number of carbonyl (C=O) groups is 2. The van der Waals surface area contributed by atoms with E-state index in [0.717, 1.165) is 0 Å². The molecule has 0 aliphatic carbocycles. The molecular formula is C33H20F2N2O3. The number of fused-ring (bicyclic) bond motifs is 1. The molecule has 0 aliphatic rings. The molecule has 0 saturated heterocycles. The number of carbonyl (C=O) groups excluding carboxylic acids is 2. The number of nitrogens with zero attached hydrogens (tertiary/aromatic N) is 2. The summed E-state index contributed by atoms with van der Waals surface area (Å²) >= 11 is 0. The number of hydrogen-bond donors (Lipinski definition) is 0. The maximum Gasteiger partial charge on any atom is 0.338 e. The molecule has 6 aromatic rings. The Morgan fingerprint density at radius 1 is 0.450 bits per heavy atom. The summed E-state index contributed by atoms with van der Waals surface area (Å²) in [6, 6.07) is 31.3. The third kappa shape index (κ3) is 4.43. The largest absolute Gasteiger partial charge is 0.338 e. The first-order valence-corrected chi connectivity index (χ1v) is 12.4. The van der Waals surface area contributed by atoms with E-state index in [1.54, 1.807) is 57.7 Å². The second kappa shape index (κ2) is 10.0. The molecule has 0 unspecified atom stereocenters. The zero-order valence-corrected chi connectivity index (χ0v) is 20.9. The van der Waals surface area contributed by atoms with Gasteiger partial charge in [-0.2, -0.15) is 0 Å². The number of halogens is 2. The number of imidazole rings is 1. The van der Waals surface area contributed by atoms with Gasteiger partial charge in [0.1, 0.15) is 11.6 Å². The minimum atomic E-state index is -0.420. The Morgan fingerprint density at radius 2 is 0.750 bits per heavy atom. The van der Waals surface area contributed by atoms with Gasteiger partial charge in [0.05, 0.1) is 22.4 Å². The normalized spacial score (nSPS) is 11.1. The SMILES string of the molecule is O=C(c1ccc(F)cc1)c1ccc(-n2c(=O)n(-c3ccc(C(=O)c4ccc(F)cc4)cc3)c3ccccc32)cc1. The number of para-hydroxylation sites is 2. The molecular weight excluding hydrogens is 510 g/mol. The number of aromatic nitrogens is 2. The van der Waals surface area contributed by atoms with Crippen LogP contribution in [0.1, 0.15) is 31.8 Å². The summed E-state index contributed by atoms with van der Waals surface area (Å²) in [6.45, 7) is 0. The van der Waals surface area contributed by atoms with Crippen LogP contribution in [0.4, 0.5) is 8.78 Å². The van der Waals surface area contributed by atoms with Crippen molar-refractivity contribution in [3.8, 4) is 11.4 Å². The Bertz CT molecular complexity index is 1800. The van der Waals surface area contributed by atoms with E-state index in [1.807, 2.05) is 24.3 Å². The van der Waals surface area contributed by atoms with Crippen molar-refractivity contribution < 1.29 is 18.4 Å². The van der Waals surface area contributed by atoms with Crippen molar-refractivity contribution in [2.45, 2.75) is 0 Å². The van der Waals surface area contributed by atoms with Crippen LogP contribution in [0.3, 0.4) is 0 Å². The molecule has 194 valence electrons. The van der Waals surface area contributed by atoms with Crippen molar-refractivity contribution in [1.82, 2.24) is 9.13 Å². The van der Waals surface area contributed by atoms with Crippen molar-refractivity contribution in [3.05, 3.63) is 166 Å². The first kappa shape index (κ1) is 24.9. The molecule has 0 N–H and O–H groups in total. The molecule has 7 heteroatoms. The maximum absolute atomic E-state index is 13.8. The molecule has 0 bridgehead atoms. The van der Waals surface area contributed by atoms with Crippen molar-refractivity contribution in [3.63, 3.8) is 0 Å². The number of rotatable bonds is 6. The van der Waals surface area contributed by atoms with Crippen molar-refractivity contribution in [2.75, 3.05) is 0 Å². The third-order valence-electron chi connectivity index (χ3n) is 6.73. The predicted octanol–water partition coefficient (Wildman–Crippen LogP) is 6.52. The van der Waals surface area contributed by atoms with Gasteiger partial charge in [0.25, 0.3) is 0 Å². The van der Waals surface area contributed by atoms with Crippen LogP contribution in [0.25, 0.3) is 22.4 Å². The monoisotopic (exact) mass is 530 g/mol. The Kier molecular flexibility index (Phi) is 6.24. The molecule has 0 radical (unpaired) electrons. The van der Waals surface area contributed by atoms with E-state index in [2.05, 4.69) is 0 Å². The second-order valence-electron chi connectivity index (χ2n) is 9.21. The Labute approximate surface area is 227 Å². The van der Waals surface area contributed by atoms with E-state index < -0.39 is 11.6 Å². The van der Waals surface area contributed by atoms with E-state index in [4.69, 9.17) is 0 Å². The summed E-state index contributed by atoms with van der Waals surface area (Å²) in [6.07, 6.45) is 0. The summed E-state index contributed by atoms with van der Waals surface area (Å²) in [7, 11) is 0. The van der Waals surface area contributed by atoms with Crippen molar-refractivity contribution >= 4 is 22.6 Å². The van der Waals surface area contributed by atoms with Gasteiger partial charge >= 0.3 is 5.69 Å². The molecule has 1 aromatic heterocycles. The standard InChI is InChI=1S/C33H20F2N2O3/c34-25-13-5-21(6-14-25)31(38)23-9-17-27(18-10-23)36-29-3-1-2-4-30(29)37(33(36)40)28-19-11-24(12-20-28)32(39)22-7-15-26(35)16-8-22/h1-20H. The lowest BCUT2D eigenvalue weighted by Gasteiger charge is -2.06. The highest BCUT2D eigenvalue weighted by molar-refractivity contribution is 6.09. The summed E-state index contributed by atoms with van der Waals surface area (Å²) in [5, 5.41) is 0. The summed E-state index contributed by atoms with van der Waals surface area (Å²) in [5.74, 6) is -1.35. The molecule has 1 heterocycles. The molecule has 0 amide bonds. The molecule has 0 fully saturated rings. The molecule has 40 heavy (non-hydrogen) atoms. The molecule has 0 saturated carbocycles. The van der Waals surface area contributed by atoms with Gasteiger partial charge in [-0.05, 0) is 109 Å². The van der Waals surface area contributed by atoms with Gasteiger partial charge < -0.3 is 0 Å². The van der Waals surface area contributed by atoms with Crippen LogP contribution in [-0.2, 0) is 0 Å². The van der Waals surface area contributed by atoms with Gasteiger partial charge in [-0.3, -0.25) is 18.7 Å². The lowest BCUT2D eigenvalue weighted by molar-refractivity contribution is 0.103. The van der Waals surface area contributed by atoms with Crippen LogP contribution in [-0.4, -0.2) is 20.7 Å². The fraction of sp³-hybridized carbons (Fsp3) is 0. The summed E-state index contributed by atoms with van der Waals surface area (Å²) in [4.78, 5) is 39.4. The smallest absolute Gasteiger partial charge is 0.289 e. The second-order valence-corrected chi connectivity index (χ2v) is 9.21. The molecule has 5 nitrogen and oxygen atoms in total. The fourth-order valence-corrected chi connectivity index (χ4v) is 4.71. The lowest BCUT2D eigenvalue weighted by Crippen LogP contribution is -2.22. The topological polar surface area (TPSA) is 61.1 Å². The van der Waals surface area contributed by atoms with Crippen LogP contribution in [0.15, 0.2) is 126 Å². The van der Waals surface area contributed by atoms with E-state index in [0.29, 0.717) is 44.7 Å². The van der Waals surface area contributed by atoms with Gasteiger partial charge in [0.2, 0.25) is 0 Å². The van der Waals surface area contributed by atoms with E-state index in [-0.39, 0.29) is 17.3 Å². The average molecular weight is 531 g/mol. The molecule has 6 rings (SSSR count). The maximum atomic E-state index is 13.8. The Hall–Kier alpha value is -5.43. The van der Waals surface area contributed by atoms with E-state index in [9.17, 15) is 23.2 Å². The highest BCUT2D eigenvalue weighted by Crippen LogP contribution is 2.23. The third-order valence-corrected chi connectivity index (χ3v) is 6.73. The van der Waals surface area contributed by atoms with Gasteiger partial charge in [-0.25, -0.2) is 13.6 Å². The highest BCUT2D eigenvalue weighted by Gasteiger charge is 2.17. The van der Waals surface area contributed by atoms with Gasteiger partial charge in [-0.15, -0.1) is 0 Å². The average Bonchev–Trinajstić information content (AvgIpc) is 3.29. The Balaban J connectivity index is 1.36. The predicted molar refractivity (Wildman–Crippen MR) is 149 cm³/mol. The summed E-state index contributed by atoms with van der Waals surface area (Å²) in [5.41, 5.74) is 3.69. The number of ketones is 2. The minimum Gasteiger partial charge on any atom is -0.289 e. The van der Waals surface area contributed by atoms with Crippen molar-refractivity contribution in [1.29, 1.82) is 0 Å². The van der Waals surface area contributed by atoms with Crippen LogP contribution in [0.2, 0.25) is 0 Å². The van der Waals surface area contributed by atoms with Gasteiger partial charge in [-0.1, -0.05) is 12.1 Å². The number of benzene rings is 5. The van der Waals surface area contributed by atoms with Crippen LogP contribution in [0, 0.1) is 11.6 Å². The van der Waals surface area contributed by atoms with Gasteiger partial charge in [0.15, 0.2) is 11.6 Å². The molecule has 0 atom stereocenters. The van der Waals surface area contributed by atoms with Gasteiger partial charge in [0, 0.05) is 22.3 Å².